The smallest absolute Gasteiger partial charge is 0.339 e. The van der Waals surface area contributed by atoms with Gasteiger partial charge in [-0.05, 0) is 52.3 Å². The Morgan fingerprint density at radius 3 is 1.92 bits per heavy atom. The molecule has 5 nitrogen and oxygen atoms in total. The first-order valence-electron chi connectivity index (χ1n) is 6.65. The quantitative estimate of drug-likeness (QED) is 0.701. The zero-order chi connectivity index (χ0) is 19.0. The van der Waals surface area contributed by atoms with Crippen LogP contribution >= 0.6 is 15.9 Å². The minimum atomic E-state index is -0.642. The Hall–Kier alpha value is -2.79. The number of methoxy groups -OCH3 is 2. The first kappa shape index (κ1) is 20.3. The summed E-state index contributed by atoms with van der Waals surface area (Å²) in [5, 5.41) is 8.56. The number of rotatable bonds is 2. The summed E-state index contributed by atoms with van der Waals surface area (Å²) in [5.41, 5.74) is 0.372. The van der Waals surface area contributed by atoms with E-state index in [2.05, 4.69) is 25.4 Å². The van der Waals surface area contributed by atoms with Gasteiger partial charge in [-0.15, -0.1) is 0 Å². The van der Waals surface area contributed by atoms with Gasteiger partial charge in [-0.2, -0.15) is 5.26 Å². The fourth-order valence-electron chi connectivity index (χ4n) is 1.66. The van der Waals surface area contributed by atoms with E-state index in [4.69, 9.17) is 5.26 Å². The van der Waals surface area contributed by atoms with Crippen molar-refractivity contribution < 1.29 is 27.8 Å². The third kappa shape index (κ3) is 5.65. The minimum absolute atomic E-state index is 0.0214. The van der Waals surface area contributed by atoms with E-state index in [9.17, 15) is 18.4 Å². The third-order valence-corrected chi connectivity index (χ3v) is 3.50. The largest absolute Gasteiger partial charge is 0.465 e. The molecule has 8 heteroatoms. The van der Waals surface area contributed by atoms with Crippen LogP contribution in [0.25, 0.3) is 0 Å². The van der Waals surface area contributed by atoms with Crippen LogP contribution in [0.2, 0.25) is 0 Å². The maximum Gasteiger partial charge on any atom is 0.339 e. The second-order valence-corrected chi connectivity index (χ2v) is 5.26. The Morgan fingerprint density at radius 1 is 0.960 bits per heavy atom. The van der Waals surface area contributed by atoms with E-state index < -0.39 is 23.6 Å². The van der Waals surface area contributed by atoms with Crippen LogP contribution in [0, 0.1) is 23.0 Å². The highest BCUT2D eigenvalue weighted by molar-refractivity contribution is 9.10. The summed E-state index contributed by atoms with van der Waals surface area (Å²) in [6.45, 7) is 0. The molecule has 2 rings (SSSR count). The van der Waals surface area contributed by atoms with Crippen molar-refractivity contribution in [2.24, 2.45) is 0 Å². The lowest BCUT2D eigenvalue weighted by molar-refractivity contribution is 0.0591. The van der Waals surface area contributed by atoms with E-state index in [0.29, 0.717) is 10.0 Å². The van der Waals surface area contributed by atoms with Gasteiger partial charge in [0.25, 0.3) is 0 Å². The number of nitriles is 1. The van der Waals surface area contributed by atoms with E-state index in [1.165, 1.54) is 38.5 Å². The SMILES string of the molecule is COC(=O)c1ccc(F)cc1Br.COC(=O)c1ccc(F)cc1C#N. The fourth-order valence-corrected chi connectivity index (χ4v) is 2.17. The maximum atomic E-state index is 12.6. The number of carbonyl (C=O) groups excluding carboxylic acids is 2. The Balaban J connectivity index is 0.000000251. The van der Waals surface area contributed by atoms with Gasteiger partial charge in [0.2, 0.25) is 0 Å². The molecule has 0 bridgehead atoms. The molecule has 0 unspecified atom stereocenters. The van der Waals surface area contributed by atoms with Crippen molar-refractivity contribution >= 4 is 27.9 Å². The Kier molecular flexibility index (Phi) is 7.69. The fraction of sp³-hybridized carbons (Fsp3) is 0.118. The van der Waals surface area contributed by atoms with E-state index in [1.54, 1.807) is 6.07 Å². The molecule has 0 spiro atoms. The molecule has 25 heavy (non-hydrogen) atoms. The predicted octanol–water partition coefficient (Wildman–Crippen LogP) is 3.86. The molecule has 2 aromatic carbocycles. The lowest BCUT2D eigenvalue weighted by Crippen LogP contribution is -2.04. The molecule has 2 aromatic rings. The van der Waals surface area contributed by atoms with Crippen molar-refractivity contribution in [1.29, 1.82) is 5.26 Å². The van der Waals surface area contributed by atoms with Gasteiger partial charge >= 0.3 is 11.9 Å². The molecule has 0 radical (unpaired) electrons. The van der Waals surface area contributed by atoms with E-state index in [1.807, 2.05) is 0 Å². The normalized spacial score (nSPS) is 9.28. The van der Waals surface area contributed by atoms with Gasteiger partial charge in [0, 0.05) is 4.47 Å². The van der Waals surface area contributed by atoms with Crippen molar-refractivity contribution in [2.75, 3.05) is 14.2 Å². The van der Waals surface area contributed by atoms with Crippen molar-refractivity contribution in [2.45, 2.75) is 0 Å². The standard InChI is InChI=1S/C9H6FNO2.C8H6BrFO2/c1-13-9(12)8-3-2-7(10)4-6(8)5-11;1-12-8(11)6-3-2-5(10)4-7(6)9/h2-4H,1H3;2-4H,1H3. The molecule has 0 amide bonds. The van der Waals surface area contributed by atoms with Gasteiger partial charge in [-0.25, -0.2) is 18.4 Å². The number of halogens is 3. The van der Waals surface area contributed by atoms with E-state index in [-0.39, 0.29) is 11.1 Å². The lowest BCUT2D eigenvalue weighted by Gasteiger charge is -2.00. The Morgan fingerprint density at radius 2 is 1.44 bits per heavy atom. The molecule has 0 atom stereocenters. The summed E-state index contributed by atoms with van der Waals surface area (Å²) in [7, 11) is 2.48. The van der Waals surface area contributed by atoms with Crippen LogP contribution in [-0.4, -0.2) is 26.2 Å². The number of ether oxygens (including phenoxy) is 2. The first-order valence-corrected chi connectivity index (χ1v) is 7.44. The topological polar surface area (TPSA) is 76.4 Å². The summed E-state index contributed by atoms with van der Waals surface area (Å²) in [4.78, 5) is 22.0. The van der Waals surface area contributed by atoms with Gasteiger partial charge in [0.1, 0.15) is 17.7 Å². The van der Waals surface area contributed by atoms with E-state index in [0.717, 1.165) is 12.1 Å². The number of nitrogens with zero attached hydrogens (tertiary/aromatic N) is 1. The molecule has 0 fully saturated rings. The molecular formula is C17H12BrF2NO4. The predicted molar refractivity (Wildman–Crippen MR) is 87.9 cm³/mol. The number of carbonyl (C=O) groups is 2. The molecule has 0 aliphatic heterocycles. The molecular weight excluding hydrogens is 400 g/mol. The van der Waals surface area contributed by atoms with E-state index >= 15 is 0 Å². The van der Waals surface area contributed by atoms with Gasteiger partial charge < -0.3 is 9.47 Å². The maximum absolute atomic E-state index is 12.6. The monoisotopic (exact) mass is 411 g/mol. The van der Waals surface area contributed by atoms with Crippen LogP contribution in [0.5, 0.6) is 0 Å². The molecule has 0 saturated carbocycles. The van der Waals surface area contributed by atoms with Gasteiger partial charge in [0.05, 0.1) is 30.9 Å². The number of benzene rings is 2. The van der Waals surface area contributed by atoms with Crippen LogP contribution in [0.15, 0.2) is 40.9 Å². The highest BCUT2D eigenvalue weighted by atomic mass is 79.9. The highest BCUT2D eigenvalue weighted by Crippen LogP contribution is 2.18. The summed E-state index contributed by atoms with van der Waals surface area (Å²) in [5.74, 6) is -2.07. The zero-order valence-electron chi connectivity index (χ0n) is 13.2. The van der Waals surface area contributed by atoms with Crippen LogP contribution in [0.4, 0.5) is 8.78 Å². The summed E-state index contributed by atoms with van der Waals surface area (Å²) >= 11 is 3.05. The van der Waals surface area contributed by atoms with Crippen LogP contribution in [0.3, 0.4) is 0 Å². The van der Waals surface area contributed by atoms with Gasteiger partial charge in [0.15, 0.2) is 0 Å². The second-order valence-electron chi connectivity index (χ2n) is 4.41. The molecule has 0 aromatic heterocycles. The number of esters is 2. The molecule has 130 valence electrons. The van der Waals surface area contributed by atoms with Crippen LogP contribution in [0.1, 0.15) is 26.3 Å². The first-order chi connectivity index (χ1) is 11.8. The van der Waals surface area contributed by atoms with Gasteiger partial charge in [-0.1, -0.05) is 0 Å². The Labute approximate surface area is 150 Å². The lowest BCUT2D eigenvalue weighted by atomic mass is 10.1. The van der Waals surface area contributed by atoms with Crippen LogP contribution < -0.4 is 0 Å². The minimum Gasteiger partial charge on any atom is -0.465 e. The van der Waals surface area contributed by atoms with Crippen molar-refractivity contribution in [3.8, 4) is 6.07 Å². The average Bonchev–Trinajstić information content (AvgIpc) is 2.60. The molecule has 0 heterocycles. The molecule has 0 aliphatic rings. The van der Waals surface area contributed by atoms with Crippen molar-refractivity contribution in [1.82, 2.24) is 0 Å². The number of hydrogen-bond donors (Lipinski definition) is 0. The summed E-state index contributed by atoms with van der Waals surface area (Å²) < 4.78 is 34.4. The number of hydrogen-bond acceptors (Lipinski definition) is 5. The Bertz CT molecular complexity index is 834. The molecule has 0 aliphatic carbocycles. The highest BCUT2D eigenvalue weighted by Gasteiger charge is 2.11. The third-order valence-electron chi connectivity index (χ3n) is 2.84. The van der Waals surface area contributed by atoms with Crippen molar-refractivity contribution in [3.63, 3.8) is 0 Å². The summed E-state index contributed by atoms with van der Waals surface area (Å²) in [6, 6.07) is 8.82. The van der Waals surface area contributed by atoms with Gasteiger partial charge in [-0.3, -0.25) is 0 Å². The zero-order valence-corrected chi connectivity index (χ0v) is 14.8. The second kappa shape index (κ2) is 9.49. The summed E-state index contributed by atoms with van der Waals surface area (Å²) in [6.07, 6.45) is 0. The molecule has 0 N–H and O–H groups in total. The van der Waals surface area contributed by atoms with Crippen LogP contribution in [-0.2, 0) is 9.47 Å². The average molecular weight is 412 g/mol. The van der Waals surface area contributed by atoms with Crippen molar-refractivity contribution in [3.05, 3.63) is 69.2 Å². The molecule has 0 saturated heterocycles.